The number of nitrogens with one attached hydrogen (secondary N) is 1. The Morgan fingerprint density at radius 2 is 1.88 bits per heavy atom. The minimum Gasteiger partial charge on any atom is -0.364 e. The average molecular weight is 325 g/mol. The fourth-order valence-electron chi connectivity index (χ4n) is 2.80. The molecule has 1 N–H and O–H groups in total. The molecule has 1 aromatic carbocycles. The number of nitrogens with zero attached hydrogens (tertiary/aromatic N) is 2. The number of methoxy groups -OCH3 is 1. The van der Waals surface area contributed by atoms with Gasteiger partial charge in [-0.15, -0.1) is 0 Å². The molecule has 1 aliphatic rings. The molecule has 24 heavy (non-hydrogen) atoms. The number of para-hydroxylation sites is 1. The summed E-state index contributed by atoms with van der Waals surface area (Å²) in [4.78, 5) is 25.9. The molecule has 1 fully saturated rings. The number of hydrogen-bond donors (Lipinski definition) is 1. The van der Waals surface area contributed by atoms with Crippen LogP contribution in [0.25, 0.3) is 6.08 Å². The standard InChI is InChI=1S/C18H19N3O3/c1-12-9-14(13(2)20(12)11-24-3)10-16-17(22)21(18(23)19-16)15-7-5-4-6-8-15/h4-10H,11H2,1-3H3,(H,19,23)/b16-10-. The third kappa shape index (κ3) is 2.72. The molecule has 0 saturated carbocycles. The fraction of sp³-hybridized carbons (Fsp3) is 0.222. The Kier molecular flexibility index (Phi) is 4.22. The van der Waals surface area contributed by atoms with Gasteiger partial charge in [-0.05, 0) is 43.7 Å². The first-order valence-corrected chi connectivity index (χ1v) is 7.60. The van der Waals surface area contributed by atoms with E-state index in [4.69, 9.17) is 4.74 Å². The smallest absolute Gasteiger partial charge is 0.333 e. The summed E-state index contributed by atoms with van der Waals surface area (Å²) in [5.74, 6) is -0.359. The number of anilines is 1. The van der Waals surface area contributed by atoms with Gasteiger partial charge in [0.05, 0.1) is 5.69 Å². The Morgan fingerprint density at radius 3 is 2.54 bits per heavy atom. The van der Waals surface area contributed by atoms with Crippen LogP contribution in [-0.4, -0.2) is 23.6 Å². The number of imide groups is 1. The van der Waals surface area contributed by atoms with Gasteiger partial charge in [-0.1, -0.05) is 18.2 Å². The topological polar surface area (TPSA) is 63.6 Å². The van der Waals surface area contributed by atoms with E-state index in [-0.39, 0.29) is 11.6 Å². The summed E-state index contributed by atoms with van der Waals surface area (Å²) < 4.78 is 7.19. The number of aryl methyl sites for hydroxylation is 1. The summed E-state index contributed by atoms with van der Waals surface area (Å²) in [6.45, 7) is 4.37. The maximum atomic E-state index is 12.6. The number of carbonyl (C=O) groups is 2. The number of benzene rings is 1. The Hall–Kier alpha value is -2.86. The summed E-state index contributed by atoms with van der Waals surface area (Å²) in [7, 11) is 1.63. The van der Waals surface area contributed by atoms with Crippen LogP contribution < -0.4 is 10.2 Å². The highest BCUT2D eigenvalue weighted by Crippen LogP contribution is 2.24. The number of aromatic nitrogens is 1. The van der Waals surface area contributed by atoms with Crippen molar-refractivity contribution in [2.45, 2.75) is 20.6 Å². The van der Waals surface area contributed by atoms with Crippen LogP contribution in [0.2, 0.25) is 0 Å². The number of rotatable bonds is 4. The lowest BCUT2D eigenvalue weighted by Crippen LogP contribution is -2.30. The van der Waals surface area contributed by atoms with Crippen LogP contribution in [0.3, 0.4) is 0 Å². The molecule has 2 heterocycles. The lowest BCUT2D eigenvalue weighted by atomic mass is 10.2. The predicted molar refractivity (Wildman–Crippen MR) is 91.4 cm³/mol. The first-order chi connectivity index (χ1) is 11.5. The minimum absolute atomic E-state index is 0.265. The van der Waals surface area contributed by atoms with Crippen molar-refractivity contribution in [2.75, 3.05) is 12.0 Å². The van der Waals surface area contributed by atoms with Crippen molar-refractivity contribution in [3.8, 4) is 0 Å². The second-order valence-electron chi connectivity index (χ2n) is 5.64. The van der Waals surface area contributed by atoms with E-state index in [1.807, 2.05) is 30.5 Å². The van der Waals surface area contributed by atoms with Crippen molar-refractivity contribution in [3.05, 3.63) is 59.0 Å². The van der Waals surface area contributed by atoms with Gasteiger partial charge < -0.3 is 14.6 Å². The fourth-order valence-corrected chi connectivity index (χ4v) is 2.80. The zero-order chi connectivity index (χ0) is 17.3. The van der Waals surface area contributed by atoms with Crippen molar-refractivity contribution in [2.24, 2.45) is 0 Å². The SMILES string of the molecule is COCn1c(C)cc(/C=C2\NC(=O)N(c3ccccc3)C2=O)c1C. The molecule has 0 atom stereocenters. The summed E-state index contributed by atoms with van der Waals surface area (Å²) in [5.41, 5.74) is 3.69. The molecule has 3 rings (SSSR count). The quantitative estimate of drug-likeness (QED) is 0.694. The van der Waals surface area contributed by atoms with Gasteiger partial charge >= 0.3 is 6.03 Å². The molecule has 0 aliphatic carbocycles. The number of hydrogen-bond acceptors (Lipinski definition) is 3. The second kappa shape index (κ2) is 6.33. The average Bonchev–Trinajstić information content (AvgIpc) is 2.99. The van der Waals surface area contributed by atoms with Crippen molar-refractivity contribution in [1.29, 1.82) is 0 Å². The molecule has 0 spiro atoms. The van der Waals surface area contributed by atoms with Crippen molar-refractivity contribution < 1.29 is 14.3 Å². The maximum absolute atomic E-state index is 12.6. The Balaban J connectivity index is 1.94. The number of urea groups is 1. The third-order valence-electron chi connectivity index (χ3n) is 4.06. The molecule has 6 nitrogen and oxygen atoms in total. The lowest BCUT2D eigenvalue weighted by Gasteiger charge is -2.10. The molecule has 1 aliphatic heterocycles. The van der Waals surface area contributed by atoms with E-state index in [0.29, 0.717) is 12.4 Å². The van der Waals surface area contributed by atoms with Crippen LogP contribution in [0.1, 0.15) is 17.0 Å². The first-order valence-electron chi connectivity index (χ1n) is 7.60. The molecule has 1 aromatic heterocycles. The van der Waals surface area contributed by atoms with E-state index >= 15 is 0 Å². The highest BCUT2D eigenvalue weighted by molar-refractivity contribution is 6.28. The zero-order valence-corrected chi connectivity index (χ0v) is 13.9. The number of carbonyl (C=O) groups excluding carboxylic acids is 2. The number of ether oxygens (including phenoxy) is 1. The van der Waals surface area contributed by atoms with Crippen LogP contribution in [0.15, 0.2) is 42.1 Å². The lowest BCUT2D eigenvalue weighted by molar-refractivity contribution is -0.113. The Labute approximate surface area is 140 Å². The van der Waals surface area contributed by atoms with Crippen molar-refractivity contribution >= 4 is 23.7 Å². The van der Waals surface area contributed by atoms with Gasteiger partial charge in [0.25, 0.3) is 5.91 Å². The molecule has 0 radical (unpaired) electrons. The molecular formula is C18H19N3O3. The van der Waals surface area contributed by atoms with E-state index in [1.165, 1.54) is 0 Å². The first kappa shape index (κ1) is 16.0. The van der Waals surface area contributed by atoms with E-state index in [2.05, 4.69) is 5.32 Å². The number of amides is 3. The van der Waals surface area contributed by atoms with Gasteiger partial charge in [-0.2, -0.15) is 0 Å². The van der Waals surface area contributed by atoms with Gasteiger partial charge in [0.15, 0.2) is 0 Å². The van der Waals surface area contributed by atoms with Gasteiger partial charge in [0.1, 0.15) is 12.4 Å². The van der Waals surface area contributed by atoms with Crippen LogP contribution >= 0.6 is 0 Å². The normalized spacial score (nSPS) is 16.1. The molecule has 124 valence electrons. The molecule has 3 amide bonds. The molecule has 0 unspecified atom stereocenters. The molecule has 6 heteroatoms. The Bertz CT molecular complexity index is 822. The van der Waals surface area contributed by atoms with Crippen molar-refractivity contribution in [3.63, 3.8) is 0 Å². The van der Waals surface area contributed by atoms with Crippen LogP contribution in [0, 0.1) is 13.8 Å². The van der Waals surface area contributed by atoms with E-state index in [9.17, 15) is 9.59 Å². The van der Waals surface area contributed by atoms with Gasteiger partial charge in [-0.3, -0.25) is 4.79 Å². The zero-order valence-electron chi connectivity index (χ0n) is 13.9. The monoisotopic (exact) mass is 325 g/mol. The largest absolute Gasteiger partial charge is 0.364 e. The molecule has 0 bridgehead atoms. The van der Waals surface area contributed by atoms with Crippen molar-refractivity contribution in [1.82, 2.24) is 9.88 Å². The summed E-state index contributed by atoms with van der Waals surface area (Å²) in [5, 5.41) is 2.65. The molecule has 2 aromatic rings. The molecular weight excluding hydrogens is 306 g/mol. The van der Waals surface area contributed by atoms with E-state index in [1.54, 1.807) is 37.5 Å². The van der Waals surface area contributed by atoms with E-state index in [0.717, 1.165) is 21.9 Å². The highest BCUT2D eigenvalue weighted by Gasteiger charge is 2.34. The van der Waals surface area contributed by atoms with Gasteiger partial charge in [0.2, 0.25) is 0 Å². The Morgan fingerprint density at radius 1 is 1.17 bits per heavy atom. The highest BCUT2D eigenvalue weighted by atomic mass is 16.5. The van der Waals surface area contributed by atoms with Crippen LogP contribution in [0.4, 0.5) is 10.5 Å². The summed E-state index contributed by atoms with van der Waals surface area (Å²) in [6, 6.07) is 10.4. The minimum atomic E-state index is -0.442. The summed E-state index contributed by atoms with van der Waals surface area (Å²) >= 11 is 0. The van der Waals surface area contributed by atoms with Gasteiger partial charge in [-0.25, -0.2) is 9.69 Å². The second-order valence-corrected chi connectivity index (χ2v) is 5.64. The molecule has 1 saturated heterocycles. The van der Waals surface area contributed by atoms with Crippen LogP contribution in [-0.2, 0) is 16.3 Å². The van der Waals surface area contributed by atoms with Crippen LogP contribution in [0.5, 0.6) is 0 Å². The summed E-state index contributed by atoms with van der Waals surface area (Å²) in [6.07, 6.45) is 1.71. The third-order valence-corrected chi connectivity index (χ3v) is 4.06. The van der Waals surface area contributed by atoms with Gasteiger partial charge in [0, 0.05) is 18.5 Å². The van der Waals surface area contributed by atoms with E-state index < -0.39 is 6.03 Å². The predicted octanol–water partition coefficient (Wildman–Crippen LogP) is 2.81. The maximum Gasteiger partial charge on any atom is 0.333 e.